The number of fused-ring (bicyclic) bond motifs is 1. The van der Waals surface area contributed by atoms with E-state index in [-0.39, 0.29) is 17.7 Å². The second kappa shape index (κ2) is 8.24. The summed E-state index contributed by atoms with van der Waals surface area (Å²) in [6.45, 7) is 5.07. The van der Waals surface area contributed by atoms with Crippen LogP contribution in [0.2, 0.25) is 0 Å². The first-order valence-electron chi connectivity index (χ1n) is 9.86. The zero-order valence-corrected chi connectivity index (χ0v) is 16.0. The molecule has 5 N–H and O–H groups in total. The Kier molecular flexibility index (Phi) is 5.54. The standard InChI is InChI=1S/C21H28N4O3/c22-18-3-1-15(26)13-17(18)21(23)20-12-14-11-16(2-4-19(14)24-20)28-10-7-25-5-8-27-9-6-25/h1-4,11,17,20,23-24,26H,5-10,12-13,22H2. The van der Waals surface area contributed by atoms with Crippen LogP contribution in [0.4, 0.5) is 5.69 Å². The molecule has 2 aliphatic heterocycles. The number of aliphatic hydroxyl groups excluding tert-OH is 1. The van der Waals surface area contributed by atoms with Crippen molar-refractivity contribution in [3.8, 4) is 5.75 Å². The summed E-state index contributed by atoms with van der Waals surface area (Å²) in [7, 11) is 0. The molecule has 28 heavy (non-hydrogen) atoms. The minimum absolute atomic E-state index is 0.110. The number of morpholine rings is 1. The molecule has 0 spiro atoms. The molecule has 0 aromatic heterocycles. The van der Waals surface area contributed by atoms with E-state index in [4.69, 9.17) is 20.6 Å². The van der Waals surface area contributed by atoms with Crippen molar-refractivity contribution in [2.75, 3.05) is 44.8 Å². The van der Waals surface area contributed by atoms with Gasteiger partial charge >= 0.3 is 0 Å². The average Bonchev–Trinajstić information content (AvgIpc) is 3.13. The predicted molar refractivity (Wildman–Crippen MR) is 109 cm³/mol. The number of ether oxygens (including phenoxy) is 2. The van der Waals surface area contributed by atoms with Gasteiger partial charge in [-0.1, -0.05) is 0 Å². The van der Waals surface area contributed by atoms with Gasteiger partial charge in [0.2, 0.25) is 0 Å². The maximum atomic E-state index is 9.79. The quantitative estimate of drug-likeness (QED) is 0.560. The summed E-state index contributed by atoms with van der Waals surface area (Å²) in [5, 5.41) is 21.8. The van der Waals surface area contributed by atoms with E-state index in [1.54, 1.807) is 12.2 Å². The summed E-state index contributed by atoms with van der Waals surface area (Å²) in [6, 6.07) is 5.94. The molecule has 1 aromatic carbocycles. The number of anilines is 1. The van der Waals surface area contributed by atoms with Gasteiger partial charge in [0, 0.05) is 55.5 Å². The number of allylic oxidation sites excluding steroid dienone is 4. The van der Waals surface area contributed by atoms with Crippen LogP contribution >= 0.6 is 0 Å². The molecule has 0 amide bonds. The Hall–Kier alpha value is -2.51. The maximum Gasteiger partial charge on any atom is 0.119 e. The molecule has 0 saturated carbocycles. The topological polar surface area (TPSA) is 104 Å². The molecule has 150 valence electrons. The molecule has 2 unspecified atom stereocenters. The van der Waals surface area contributed by atoms with Gasteiger partial charge in [0.05, 0.1) is 25.0 Å². The third kappa shape index (κ3) is 4.15. The Balaban J connectivity index is 1.33. The van der Waals surface area contributed by atoms with Gasteiger partial charge < -0.3 is 31.0 Å². The molecular weight excluding hydrogens is 356 g/mol. The van der Waals surface area contributed by atoms with Crippen molar-refractivity contribution >= 4 is 11.4 Å². The van der Waals surface area contributed by atoms with Crippen molar-refractivity contribution in [3.63, 3.8) is 0 Å². The van der Waals surface area contributed by atoms with Crippen molar-refractivity contribution in [1.82, 2.24) is 4.90 Å². The molecule has 0 radical (unpaired) electrons. The van der Waals surface area contributed by atoms with Gasteiger partial charge in [-0.05, 0) is 35.9 Å². The Bertz CT molecular complexity index is 799. The van der Waals surface area contributed by atoms with Crippen LogP contribution in [0.25, 0.3) is 0 Å². The number of rotatable bonds is 6. The molecule has 2 heterocycles. The smallest absolute Gasteiger partial charge is 0.119 e. The van der Waals surface area contributed by atoms with Crippen LogP contribution in [0, 0.1) is 11.3 Å². The van der Waals surface area contributed by atoms with Gasteiger partial charge in [0.15, 0.2) is 0 Å². The van der Waals surface area contributed by atoms with Crippen LogP contribution in [0.15, 0.2) is 41.8 Å². The highest BCUT2D eigenvalue weighted by atomic mass is 16.5. The Labute approximate surface area is 165 Å². The average molecular weight is 384 g/mol. The van der Waals surface area contributed by atoms with Gasteiger partial charge in [0.25, 0.3) is 0 Å². The van der Waals surface area contributed by atoms with Crippen LogP contribution in [0.5, 0.6) is 5.75 Å². The third-order valence-corrected chi connectivity index (χ3v) is 5.65. The molecule has 1 saturated heterocycles. The largest absolute Gasteiger partial charge is 0.512 e. The first-order valence-corrected chi connectivity index (χ1v) is 9.86. The van der Waals surface area contributed by atoms with E-state index < -0.39 is 0 Å². The highest BCUT2D eigenvalue weighted by Gasteiger charge is 2.31. The second-order valence-electron chi connectivity index (χ2n) is 7.56. The Morgan fingerprint density at radius 3 is 2.93 bits per heavy atom. The van der Waals surface area contributed by atoms with Gasteiger partial charge in [-0.15, -0.1) is 0 Å². The highest BCUT2D eigenvalue weighted by molar-refractivity contribution is 5.95. The normalized spacial score (nSPS) is 24.7. The van der Waals surface area contributed by atoms with E-state index in [1.807, 2.05) is 12.1 Å². The van der Waals surface area contributed by atoms with Crippen molar-refractivity contribution in [2.24, 2.45) is 11.7 Å². The lowest BCUT2D eigenvalue weighted by molar-refractivity contribution is 0.0322. The van der Waals surface area contributed by atoms with E-state index in [9.17, 15) is 5.11 Å². The monoisotopic (exact) mass is 384 g/mol. The summed E-state index contributed by atoms with van der Waals surface area (Å²) in [5.41, 5.74) is 9.39. The molecule has 3 aliphatic rings. The lowest BCUT2D eigenvalue weighted by atomic mass is 9.87. The number of benzene rings is 1. The molecule has 2 atom stereocenters. The Morgan fingerprint density at radius 1 is 1.29 bits per heavy atom. The lowest BCUT2D eigenvalue weighted by Crippen LogP contribution is -2.38. The summed E-state index contributed by atoms with van der Waals surface area (Å²) < 4.78 is 11.3. The van der Waals surface area contributed by atoms with Crippen molar-refractivity contribution in [3.05, 3.63) is 47.4 Å². The Morgan fingerprint density at radius 2 is 2.11 bits per heavy atom. The number of hydrogen-bond acceptors (Lipinski definition) is 7. The molecule has 1 aliphatic carbocycles. The van der Waals surface area contributed by atoms with E-state index in [0.29, 0.717) is 24.4 Å². The zero-order valence-electron chi connectivity index (χ0n) is 16.0. The molecule has 7 heteroatoms. The first-order chi connectivity index (χ1) is 13.6. The summed E-state index contributed by atoms with van der Waals surface area (Å²) >= 11 is 0. The minimum atomic E-state index is -0.249. The predicted octanol–water partition coefficient (Wildman–Crippen LogP) is 2.06. The third-order valence-electron chi connectivity index (χ3n) is 5.65. The molecule has 1 fully saturated rings. The van der Waals surface area contributed by atoms with Gasteiger partial charge in [0.1, 0.15) is 12.4 Å². The summed E-state index contributed by atoms with van der Waals surface area (Å²) in [5.74, 6) is 0.884. The van der Waals surface area contributed by atoms with Gasteiger partial charge in [-0.2, -0.15) is 0 Å². The second-order valence-corrected chi connectivity index (χ2v) is 7.56. The molecule has 0 bridgehead atoms. The fourth-order valence-corrected chi connectivity index (χ4v) is 3.97. The first kappa shape index (κ1) is 18.8. The van der Waals surface area contributed by atoms with E-state index in [0.717, 1.165) is 56.3 Å². The van der Waals surface area contributed by atoms with E-state index in [2.05, 4.69) is 16.3 Å². The SMILES string of the molecule is N=C(C1Cc2cc(OCCN3CCOCC3)ccc2N1)C1CC(O)=CC=C1N. The zero-order chi connectivity index (χ0) is 19.5. The molecule has 1 aromatic rings. The number of aliphatic hydroxyl groups is 1. The number of hydrogen-bond donors (Lipinski definition) is 4. The lowest BCUT2D eigenvalue weighted by Gasteiger charge is -2.26. The molecule has 4 rings (SSSR count). The fourth-order valence-electron chi connectivity index (χ4n) is 3.97. The summed E-state index contributed by atoms with van der Waals surface area (Å²) in [4.78, 5) is 2.35. The molecule has 7 nitrogen and oxygen atoms in total. The van der Waals surface area contributed by atoms with Crippen LogP contribution in [-0.2, 0) is 11.2 Å². The van der Waals surface area contributed by atoms with Crippen LogP contribution in [0.3, 0.4) is 0 Å². The number of nitrogens with zero attached hydrogens (tertiary/aromatic N) is 1. The van der Waals surface area contributed by atoms with Crippen LogP contribution in [-0.4, -0.2) is 61.2 Å². The maximum absolute atomic E-state index is 9.79. The molecular formula is C21H28N4O3. The van der Waals surface area contributed by atoms with Crippen LogP contribution in [0.1, 0.15) is 12.0 Å². The fraction of sp³-hybridized carbons (Fsp3) is 0.476. The van der Waals surface area contributed by atoms with E-state index in [1.165, 1.54) is 0 Å². The highest BCUT2D eigenvalue weighted by Crippen LogP contribution is 2.33. The van der Waals surface area contributed by atoms with Crippen LogP contribution < -0.4 is 15.8 Å². The number of nitrogens with one attached hydrogen (secondary N) is 2. The van der Waals surface area contributed by atoms with Crippen molar-refractivity contribution < 1.29 is 14.6 Å². The number of nitrogens with two attached hydrogens (primary N) is 1. The summed E-state index contributed by atoms with van der Waals surface area (Å²) in [6.07, 6.45) is 4.42. The minimum Gasteiger partial charge on any atom is -0.512 e. The van der Waals surface area contributed by atoms with Gasteiger partial charge in [-0.3, -0.25) is 4.90 Å². The van der Waals surface area contributed by atoms with Gasteiger partial charge in [-0.25, -0.2) is 0 Å². The van der Waals surface area contributed by atoms with E-state index >= 15 is 0 Å². The van der Waals surface area contributed by atoms with Crippen molar-refractivity contribution in [1.29, 1.82) is 5.41 Å². The van der Waals surface area contributed by atoms with Crippen molar-refractivity contribution in [2.45, 2.75) is 18.9 Å².